The Labute approximate surface area is 405 Å². The second-order valence-corrected chi connectivity index (χ2v) is 20.4. The van der Waals surface area contributed by atoms with Crippen LogP contribution < -0.4 is 20.7 Å². The Hall–Kier alpha value is -5.12. The van der Waals surface area contributed by atoms with Crippen LogP contribution in [0.3, 0.4) is 0 Å². The van der Waals surface area contributed by atoms with Gasteiger partial charge in [0.15, 0.2) is 0 Å². The van der Waals surface area contributed by atoms with Crippen LogP contribution in [0.2, 0.25) is 0 Å². The van der Waals surface area contributed by atoms with Crippen LogP contribution in [0.5, 0.6) is 0 Å². The highest BCUT2D eigenvalue weighted by Crippen LogP contribution is 2.30. The number of sulfonamides is 1. The van der Waals surface area contributed by atoms with Crippen LogP contribution in [-0.2, 0) is 54.7 Å². The van der Waals surface area contributed by atoms with Crippen molar-refractivity contribution in [2.45, 2.75) is 134 Å². The molecule has 69 heavy (non-hydrogen) atoms. The number of benzene rings is 2. The van der Waals surface area contributed by atoms with E-state index in [2.05, 4.69) is 10.6 Å². The van der Waals surface area contributed by atoms with Gasteiger partial charge in [-0.2, -0.15) is 13.2 Å². The van der Waals surface area contributed by atoms with Crippen molar-refractivity contribution in [3.05, 3.63) is 60.2 Å². The molecule has 21 heteroatoms. The molecule has 1 aliphatic heterocycles. The molecule has 0 aliphatic carbocycles. The molecule has 1 unspecified atom stereocenters. The molecule has 386 valence electrons. The number of carbonyl (C=O) groups is 6. The molecule has 4 N–H and O–H groups in total. The summed E-state index contributed by atoms with van der Waals surface area (Å²) in [5, 5.41) is 7.28. The summed E-state index contributed by atoms with van der Waals surface area (Å²) in [4.78, 5) is 86.0. The summed E-state index contributed by atoms with van der Waals surface area (Å²) in [6, 6.07) is 8.22. The molecule has 9 atom stereocenters. The zero-order chi connectivity index (χ0) is 52.1. The molecule has 6 amide bonds. The van der Waals surface area contributed by atoms with Gasteiger partial charge in [0.1, 0.15) is 12.1 Å². The number of methoxy groups -OCH3 is 2. The van der Waals surface area contributed by atoms with Gasteiger partial charge in [0.25, 0.3) is 15.9 Å². The molecule has 0 saturated carbocycles. The third-order valence-corrected chi connectivity index (χ3v) is 14.1. The van der Waals surface area contributed by atoms with E-state index in [1.165, 1.54) is 14.2 Å². The predicted octanol–water partition coefficient (Wildman–Crippen LogP) is 4.37. The summed E-state index contributed by atoms with van der Waals surface area (Å²) in [5.74, 6) is -6.32. The maximum absolute atomic E-state index is 14.4. The van der Waals surface area contributed by atoms with E-state index in [1.807, 2.05) is 65.3 Å². The van der Waals surface area contributed by atoms with E-state index in [0.717, 1.165) is 24.3 Å². The quantitative estimate of drug-likeness (QED) is 0.116. The number of ether oxygens (including phenoxy) is 2. The second-order valence-electron chi connectivity index (χ2n) is 18.7. The number of anilines is 1. The molecule has 0 radical (unpaired) electrons. The fourth-order valence-corrected chi connectivity index (χ4v) is 9.97. The third kappa shape index (κ3) is 15.7. The Bertz CT molecular complexity index is 2150. The van der Waals surface area contributed by atoms with E-state index in [1.54, 1.807) is 59.4 Å². The number of nitrogens with one attached hydrogen (secondary N) is 4. The zero-order valence-electron chi connectivity index (χ0n) is 41.8. The number of nitrogens with zero attached hydrogens (tertiary/aromatic N) is 3. The van der Waals surface area contributed by atoms with Gasteiger partial charge in [-0.05, 0) is 74.5 Å². The molecule has 2 aromatic carbocycles. The van der Waals surface area contributed by atoms with Gasteiger partial charge in [0.2, 0.25) is 23.6 Å². The lowest BCUT2D eigenvalue weighted by atomic mass is 9.89. The van der Waals surface area contributed by atoms with Crippen LogP contribution in [0.4, 0.5) is 18.9 Å². The summed E-state index contributed by atoms with van der Waals surface area (Å²) in [7, 11) is 3.53. The molecular weight excluding hydrogens is 924 g/mol. The number of likely N-dealkylation sites (N-methyl/N-ethyl adjacent to an activating group) is 2. The van der Waals surface area contributed by atoms with Gasteiger partial charge in [-0.3, -0.25) is 33.7 Å². The number of alkyl halides is 3. The van der Waals surface area contributed by atoms with E-state index in [0.29, 0.717) is 31.4 Å². The molecule has 0 aromatic heterocycles. The number of likely N-dealkylation sites (tertiary alicyclic amines) is 1. The molecule has 2 aromatic rings. The smallest absolute Gasteiger partial charge is 0.379 e. The lowest BCUT2D eigenvalue weighted by molar-refractivity contribution is -0.167. The minimum atomic E-state index is -5.18. The molecule has 1 fully saturated rings. The molecule has 0 spiro atoms. The molecule has 0 bridgehead atoms. The van der Waals surface area contributed by atoms with E-state index in [9.17, 15) is 50.4 Å². The van der Waals surface area contributed by atoms with Gasteiger partial charge in [-0.15, -0.1) is 0 Å². The first kappa shape index (κ1) is 58.2. The van der Waals surface area contributed by atoms with Crippen LogP contribution >= 0.6 is 0 Å². The van der Waals surface area contributed by atoms with Gasteiger partial charge in [-0.1, -0.05) is 85.2 Å². The average molecular weight is 996 g/mol. The van der Waals surface area contributed by atoms with Crippen LogP contribution in [0.1, 0.15) is 79.7 Å². The first-order chi connectivity index (χ1) is 32.2. The summed E-state index contributed by atoms with van der Waals surface area (Å²) in [6.07, 6.45) is -5.39. The Kier molecular flexibility index (Phi) is 21.6. The first-order valence-corrected chi connectivity index (χ1v) is 24.7. The van der Waals surface area contributed by atoms with Crippen molar-refractivity contribution in [1.29, 1.82) is 0 Å². The van der Waals surface area contributed by atoms with Crippen LogP contribution in [0.15, 0.2) is 59.5 Å². The Morgan fingerprint density at radius 1 is 0.826 bits per heavy atom. The van der Waals surface area contributed by atoms with Gasteiger partial charge >= 0.3 is 12.1 Å². The topological polar surface area (TPSA) is 213 Å². The van der Waals surface area contributed by atoms with Crippen molar-refractivity contribution in [1.82, 2.24) is 30.1 Å². The summed E-state index contributed by atoms with van der Waals surface area (Å²) in [5.41, 5.74) is 0.237. The van der Waals surface area contributed by atoms with E-state index >= 15 is 0 Å². The minimum Gasteiger partial charge on any atom is -0.379 e. The van der Waals surface area contributed by atoms with Crippen molar-refractivity contribution < 1.29 is 59.8 Å². The number of amides is 6. The van der Waals surface area contributed by atoms with E-state index in [4.69, 9.17) is 9.47 Å². The van der Waals surface area contributed by atoms with Crippen LogP contribution in [0, 0.1) is 23.7 Å². The zero-order valence-corrected chi connectivity index (χ0v) is 42.6. The fraction of sp³-hybridized carbons (Fsp3) is 0.625. The van der Waals surface area contributed by atoms with Crippen molar-refractivity contribution in [3.8, 4) is 0 Å². The van der Waals surface area contributed by atoms with Gasteiger partial charge in [-0.25, -0.2) is 13.1 Å². The number of carbonyl (C=O) groups excluding carboxylic acids is 6. The monoisotopic (exact) mass is 996 g/mol. The van der Waals surface area contributed by atoms with Gasteiger partial charge in [0, 0.05) is 39.9 Å². The third-order valence-electron chi connectivity index (χ3n) is 12.8. The van der Waals surface area contributed by atoms with E-state index < -0.39 is 87.2 Å². The highest BCUT2D eigenvalue weighted by Gasteiger charge is 2.44. The second kappa shape index (κ2) is 25.7. The fourth-order valence-electron chi connectivity index (χ4n) is 8.96. The van der Waals surface area contributed by atoms with Gasteiger partial charge < -0.3 is 35.2 Å². The Balaban J connectivity index is 1.84. The molecular formula is C48H72F3N7O10S. The van der Waals surface area contributed by atoms with Crippen molar-refractivity contribution >= 4 is 51.2 Å². The summed E-state index contributed by atoms with van der Waals surface area (Å²) >= 11 is 0. The maximum atomic E-state index is 14.4. The van der Waals surface area contributed by atoms with Gasteiger partial charge in [0.05, 0.1) is 47.6 Å². The lowest BCUT2D eigenvalue weighted by Crippen LogP contribution is -2.59. The summed E-state index contributed by atoms with van der Waals surface area (Å²) in [6.45, 7) is 13.5. The van der Waals surface area contributed by atoms with Crippen molar-refractivity contribution in [2.75, 3.05) is 47.2 Å². The summed E-state index contributed by atoms with van der Waals surface area (Å²) < 4.78 is 78.8. The Morgan fingerprint density at radius 2 is 1.43 bits per heavy atom. The molecule has 1 heterocycles. The molecule has 3 rings (SSSR count). The molecule has 17 nitrogen and oxygen atoms in total. The molecule has 1 saturated heterocycles. The highest BCUT2D eigenvalue weighted by atomic mass is 32.2. The Morgan fingerprint density at radius 3 is 1.94 bits per heavy atom. The highest BCUT2D eigenvalue weighted by molar-refractivity contribution is 7.90. The van der Waals surface area contributed by atoms with Crippen LogP contribution in [-0.4, -0.2) is 149 Å². The SMILES string of the molecule is CCC(C)[C@@H]([C@@H](CC(=O)N1CCC[C@H]1[C@H](OC)[C@@H](C)C(=O)N[C@@H](Cc1ccccc1)C(=O)NS(=O)(=O)c1ccc(NC(=O)C(F)(F)F)cc1)OC)N(C)C(=O)[C@@H](NC(=O)[C@H](C(C)C)N(C)C)C(C)C. The predicted molar refractivity (Wildman–Crippen MR) is 254 cm³/mol. The minimum absolute atomic E-state index is 0.0175. The molecule has 1 aliphatic rings. The maximum Gasteiger partial charge on any atom is 0.471 e. The average Bonchev–Trinajstić information content (AvgIpc) is 3.77. The van der Waals surface area contributed by atoms with Crippen LogP contribution in [0.25, 0.3) is 0 Å². The van der Waals surface area contributed by atoms with Crippen molar-refractivity contribution in [2.24, 2.45) is 23.7 Å². The number of hydrogen-bond donors (Lipinski definition) is 4. The standard InChI is InChI=1S/C48H72F3N7O10S/c1-13-30(6)41(57(10)46(63)39(28(2)3)54-45(62)40(29(4)5)56(8)9)37(67-11)27-38(59)58-25-17-20-36(58)42(68-12)31(7)43(60)53-35(26-32-18-15-14-16-19-32)44(61)55-69(65,66)34-23-21-33(22-24-34)52-47(64)48(49,50)51/h14-16,18-19,21-24,28-31,35-37,39-42H,13,17,20,25-27H2,1-12H3,(H,52,64)(H,53,60)(H,54,62)(H,55,61)/t30?,31-,35+,36+,37-,39+,40+,41+,42-/m1/s1. The van der Waals surface area contributed by atoms with Crippen molar-refractivity contribution in [3.63, 3.8) is 0 Å². The number of halogens is 3. The number of rotatable bonds is 24. The largest absolute Gasteiger partial charge is 0.471 e. The normalized spacial score (nSPS) is 17.8. The first-order valence-electron chi connectivity index (χ1n) is 23.2. The lowest BCUT2D eigenvalue weighted by Gasteiger charge is -2.41. The van der Waals surface area contributed by atoms with E-state index in [-0.39, 0.29) is 54.0 Å². The number of hydrogen-bond acceptors (Lipinski definition) is 11.